The van der Waals surface area contributed by atoms with Crippen LogP contribution in [0.15, 0.2) is 114 Å². The van der Waals surface area contributed by atoms with Gasteiger partial charge in [-0.1, -0.05) is 74.5 Å². The van der Waals surface area contributed by atoms with Crippen molar-refractivity contribution in [2.24, 2.45) is 0 Å². The number of rotatable bonds is 1. The molecule has 0 radical (unpaired) electrons. The van der Waals surface area contributed by atoms with Crippen LogP contribution < -0.4 is 0 Å². The minimum atomic E-state index is -0.0836. The molecule has 0 aliphatic heterocycles. The van der Waals surface area contributed by atoms with Gasteiger partial charge in [-0.15, -0.1) is 0 Å². The van der Waals surface area contributed by atoms with Crippen LogP contribution in [0.1, 0.15) is 25.0 Å². The summed E-state index contributed by atoms with van der Waals surface area (Å²) in [4.78, 5) is 4.92. The first kappa shape index (κ1) is 21.1. The van der Waals surface area contributed by atoms with Crippen LogP contribution in [0.2, 0.25) is 0 Å². The van der Waals surface area contributed by atoms with E-state index in [1.807, 2.05) is 24.4 Å². The van der Waals surface area contributed by atoms with E-state index in [2.05, 4.69) is 103 Å². The van der Waals surface area contributed by atoms with Gasteiger partial charge >= 0.3 is 0 Å². The van der Waals surface area contributed by atoms with Crippen LogP contribution in [0.5, 0.6) is 0 Å². The molecule has 0 spiro atoms. The molecule has 0 fully saturated rings. The second-order valence-corrected chi connectivity index (χ2v) is 11.2. The first-order valence-electron chi connectivity index (χ1n) is 13.5. The van der Waals surface area contributed by atoms with Crippen LogP contribution >= 0.6 is 0 Å². The average Bonchev–Trinajstić information content (AvgIpc) is 3.51. The molecule has 9 rings (SSSR count). The van der Waals surface area contributed by atoms with Crippen molar-refractivity contribution in [3.8, 4) is 16.8 Å². The zero-order chi connectivity index (χ0) is 25.9. The Morgan fingerprint density at radius 3 is 2.33 bits per heavy atom. The first-order chi connectivity index (χ1) is 19.1. The highest BCUT2D eigenvalue weighted by Crippen LogP contribution is 2.51. The molecule has 5 aromatic carbocycles. The van der Waals surface area contributed by atoms with Crippen molar-refractivity contribution in [2.45, 2.75) is 19.3 Å². The Bertz CT molecular complexity index is 2320. The predicted molar refractivity (Wildman–Crippen MR) is 161 cm³/mol. The van der Waals surface area contributed by atoms with E-state index in [1.54, 1.807) is 0 Å². The fourth-order valence-corrected chi connectivity index (χ4v) is 7.07. The topological polar surface area (TPSA) is 31.0 Å². The molecule has 0 unspecified atom stereocenters. The van der Waals surface area contributed by atoms with Crippen molar-refractivity contribution in [3.63, 3.8) is 0 Å². The van der Waals surface area contributed by atoms with Crippen LogP contribution in [-0.4, -0.2) is 9.55 Å². The van der Waals surface area contributed by atoms with E-state index in [1.165, 1.54) is 38.4 Å². The maximum absolute atomic E-state index is 6.29. The monoisotopic (exact) mass is 500 g/mol. The number of hydrogen-bond acceptors (Lipinski definition) is 2. The number of para-hydroxylation sites is 1. The summed E-state index contributed by atoms with van der Waals surface area (Å²) < 4.78 is 8.60. The Hall–Kier alpha value is -4.89. The Morgan fingerprint density at radius 1 is 0.615 bits per heavy atom. The molecule has 8 aromatic rings. The minimum Gasteiger partial charge on any atom is -0.456 e. The molecule has 0 N–H and O–H groups in total. The highest BCUT2D eigenvalue weighted by molar-refractivity contribution is 6.25. The van der Waals surface area contributed by atoms with Gasteiger partial charge in [0.05, 0.1) is 11.2 Å². The molecule has 1 aliphatic rings. The SMILES string of the molecule is CC1(C)c2ccccc2-c2cc3c(c4cccc1c24)c1cccnc1n3-c1ccc2c(c1)oc1ccccc12. The van der Waals surface area contributed by atoms with Crippen LogP contribution in [0, 0.1) is 0 Å². The largest absolute Gasteiger partial charge is 0.456 e. The van der Waals surface area contributed by atoms with Crippen molar-refractivity contribution in [3.05, 3.63) is 120 Å². The molecule has 3 heterocycles. The van der Waals surface area contributed by atoms with Gasteiger partial charge in [-0.25, -0.2) is 4.98 Å². The van der Waals surface area contributed by atoms with Crippen LogP contribution in [0.3, 0.4) is 0 Å². The molecule has 0 saturated heterocycles. The summed E-state index contributed by atoms with van der Waals surface area (Å²) in [6.45, 7) is 4.70. The van der Waals surface area contributed by atoms with Gasteiger partial charge in [-0.05, 0) is 69.4 Å². The second kappa shape index (κ2) is 7.15. The molecule has 0 atom stereocenters. The van der Waals surface area contributed by atoms with E-state index in [9.17, 15) is 0 Å². The quantitative estimate of drug-likeness (QED) is 0.225. The van der Waals surface area contributed by atoms with Crippen LogP contribution in [0.4, 0.5) is 0 Å². The molecule has 3 heteroatoms. The maximum Gasteiger partial charge on any atom is 0.145 e. The van der Waals surface area contributed by atoms with E-state index in [-0.39, 0.29) is 5.41 Å². The lowest BCUT2D eigenvalue weighted by molar-refractivity contribution is 0.645. The summed E-state index contributed by atoms with van der Waals surface area (Å²) >= 11 is 0. The Morgan fingerprint density at radius 2 is 1.38 bits per heavy atom. The second-order valence-electron chi connectivity index (χ2n) is 11.2. The molecule has 0 bridgehead atoms. The van der Waals surface area contributed by atoms with Gasteiger partial charge < -0.3 is 4.42 Å². The zero-order valence-electron chi connectivity index (χ0n) is 21.7. The Kier molecular flexibility index (Phi) is 3.86. The number of hydrogen-bond donors (Lipinski definition) is 0. The summed E-state index contributed by atoms with van der Waals surface area (Å²) in [5.74, 6) is 0. The molecule has 3 aromatic heterocycles. The fourth-order valence-electron chi connectivity index (χ4n) is 7.07. The first-order valence-corrected chi connectivity index (χ1v) is 13.5. The number of furan rings is 1. The zero-order valence-corrected chi connectivity index (χ0v) is 21.7. The van der Waals surface area contributed by atoms with Crippen molar-refractivity contribution >= 4 is 54.6 Å². The van der Waals surface area contributed by atoms with Gasteiger partial charge in [0.1, 0.15) is 16.8 Å². The third kappa shape index (κ3) is 2.60. The molecule has 39 heavy (non-hydrogen) atoms. The van der Waals surface area contributed by atoms with Crippen molar-refractivity contribution in [2.75, 3.05) is 0 Å². The fraction of sp³-hybridized carbons (Fsp3) is 0.0833. The Labute approximate surface area is 224 Å². The summed E-state index contributed by atoms with van der Waals surface area (Å²) in [5, 5.41) is 7.32. The highest BCUT2D eigenvalue weighted by Gasteiger charge is 2.34. The maximum atomic E-state index is 6.29. The summed E-state index contributed by atoms with van der Waals surface area (Å²) in [6.07, 6.45) is 1.89. The molecular weight excluding hydrogens is 476 g/mol. The average molecular weight is 501 g/mol. The van der Waals surface area contributed by atoms with Gasteiger partial charge in [0.25, 0.3) is 0 Å². The normalized spacial score (nSPS) is 14.1. The van der Waals surface area contributed by atoms with Crippen molar-refractivity contribution in [1.82, 2.24) is 9.55 Å². The lowest BCUT2D eigenvalue weighted by Gasteiger charge is -2.35. The molecule has 184 valence electrons. The number of aromatic nitrogens is 2. The number of pyridine rings is 1. The van der Waals surface area contributed by atoms with E-state index in [0.717, 1.165) is 44.2 Å². The van der Waals surface area contributed by atoms with Gasteiger partial charge in [0.15, 0.2) is 0 Å². The van der Waals surface area contributed by atoms with E-state index in [0.29, 0.717) is 0 Å². The third-order valence-corrected chi connectivity index (χ3v) is 8.83. The van der Waals surface area contributed by atoms with Gasteiger partial charge in [0, 0.05) is 39.2 Å². The summed E-state index contributed by atoms with van der Waals surface area (Å²) in [5.41, 5.74) is 10.2. The third-order valence-electron chi connectivity index (χ3n) is 8.83. The van der Waals surface area contributed by atoms with E-state index >= 15 is 0 Å². The number of fused-ring (bicyclic) bond motifs is 9. The van der Waals surface area contributed by atoms with Crippen molar-refractivity contribution in [1.29, 1.82) is 0 Å². The molecule has 0 amide bonds. The lowest BCUT2D eigenvalue weighted by Crippen LogP contribution is -2.23. The van der Waals surface area contributed by atoms with Gasteiger partial charge in [-0.3, -0.25) is 4.57 Å². The summed E-state index contributed by atoms with van der Waals surface area (Å²) in [6, 6.07) is 37.1. The molecule has 3 nitrogen and oxygen atoms in total. The van der Waals surface area contributed by atoms with Crippen LogP contribution in [-0.2, 0) is 5.41 Å². The van der Waals surface area contributed by atoms with E-state index in [4.69, 9.17) is 9.40 Å². The van der Waals surface area contributed by atoms with Gasteiger partial charge in [0.2, 0.25) is 0 Å². The number of benzene rings is 5. The van der Waals surface area contributed by atoms with Gasteiger partial charge in [-0.2, -0.15) is 0 Å². The summed E-state index contributed by atoms with van der Waals surface area (Å²) in [7, 11) is 0. The van der Waals surface area contributed by atoms with Crippen molar-refractivity contribution < 1.29 is 4.42 Å². The molecule has 0 saturated carbocycles. The highest BCUT2D eigenvalue weighted by atomic mass is 16.3. The Balaban J connectivity index is 1.46. The van der Waals surface area contributed by atoms with Crippen LogP contribution in [0.25, 0.3) is 71.5 Å². The predicted octanol–water partition coefficient (Wildman–Crippen LogP) is 9.54. The lowest BCUT2D eigenvalue weighted by atomic mass is 9.68. The minimum absolute atomic E-state index is 0.0836. The van der Waals surface area contributed by atoms with E-state index < -0.39 is 0 Å². The smallest absolute Gasteiger partial charge is 0.145 e. The molecule has 1 aliphatic carbocycles. The number of nitrogens with zero attached hydrogens (tertiary/aromatic N) is 2. The molecular formula is C36H24N2O. The standard InChI is InChI=1S/C36H24N2O/c1-36(2)28-13-5-3-9-22(28)27-20-30-34(25-11-7-14-29(36)33(25)27)26-12-8-18-37-35(26)38(30)21-16-17-24-23-10-4-6-15-31(23)39-32(24)19-21/h3-20H,1-2H3.